The second-order valence-corrected chi connectivity index (χ2v) is 12.9. The first kappa shape index (κ1) is 27.1. The zero-order chi connectivity index (χ0) is 26.8. The molecule has 0 spiro atoms. The van der Waals surface area contributed by atoms with Crippen LogP contribution in [0.1, 0.15) is 46.5 Å². The van der Waals surface area contributed by atoms with Crippen LogP contribution in [0.25, 0.3) is 0 Å². The van der Waals surface area contributed by atoms with Gasteiger partial charge in [-0.15, -0.1) is 0 Å². The predicted octanol–water partition coefficient (Wildman–Crippen LogP) is 2.56. The Morgan fingerprint density at radius 3 is 2.53 bits per heavy atom. The van der Waals surface area contributed by atoms with Gasteiger partial charge in [-0.1, -0.05) is 19.9 Å². The maximum absolute atomic E-state index is 17.1. The van der Waals surface area contributed by atoms with Crippen LogP contribution in [0.3, 0.4) is 0 Å². The van der Waals surface area contributed by atoms with Crippen molar-refractivity contribution in [2.75, 3.05) is 12.4 Å². The summed E-state index contributed by atoms with van der Waals surface area (Å²) in [7, 11) is -4.36. The van der Waals surface area contributed by atoms with E-state index in [-0.39, 0.29) is 24.3 Å². The number of allylic oxidation sites excluding steroid dienone is 4. The van der Waals surface area contributed by atoms with Gasteiger partial charge in [0.2, 0.25) is 0 Å². The van der Waals surface area contributed by atoms with Gasteiger partial charge in [0, 0.05) is 17.3 Å². The van der Waals surface area contributed by atoms with Gasteiger partial charge >= 0.3 is 5.97 Å². The molecule has 0 radical (unpaired) electrons. The molecule has 4 aliphatic rings. The molecular formula is C25H32F2O8S. The van der Waals surface area contributed by atoms with Gasteiger partial charge in [0.15, 0.2) is 17.2 Å². The van der Waals surface area contributed by atoms with E-state index in [2.05, 4.69) is 0 Å². The molecule has 0 aliphatic heterocycles. The third kappa shape index (κ3) is 4.07. The van der Waals surface area contributed by atoms with Crippen molar-refractivity contribution >= 4 is 27.7 Å². The van der Waals surface area contributed by atoms with Crippen LogP contribution in [-0.4, -0.2) is 65.9 Å². The van der Waals surface area contributed by atoms with E-state index in [0.717, 1.165) is 6.08 Å². The van der Waals surface area contributed by atoms with Gasteiger partial charge in [-0.05, 0) is 61.2 Å². The van der Waals surface area contributed by atoms with Crippen molar-refractivity contribution in [2.45, 2.75) is 64.4 Å². The third-order valence-electron chi connectivity index (χ3n) is 9.25. The van der Waals surface area contributed by atoms with Crippen molar-refractivity contribution < 1.29 is 46.0 Å². The molecule has 4 rings (SSSR count). The zero-order valence-corrected chi connectivity index (χ0v) is 21.3. The molecule has 2 unspecified atom stereocenters. The van der Waals surface area contributed by atoms with E-state index in [4.69, 9.17) is 9.29 Å². The Kier molecular flexibility index (Phi) is 6.62. The minimum absolute atomic E-state index is 0.0341. The fraction of sp³-hybridized carbons (Fsp3) is 0.720. The number of alkyl halides is 2. The van der Waals surface area contributed by atoms with Gasteiger partial charge in [-0.2, -0.15) is 8.42 Å². The first-order valence-electron chi connectivity index (χ1n) is 12.1. The van der Waals surface area contributed by atoms with E-state index >= 15 is 8.78 Å². The Morgan fingerprint density at radius 1 is 1.22 bits per heavy atom. The number of Topliss-reactive ketones (excluding diaryl/α,β-unsaturated/α-hetero) is 1. The number of ketones is 2. The van der Waals surface area contributed by atoms with E-state index in [1.165, 1.54) is 19.1 Å². The maximum atomic E-state index is 17.1. The lowest BCUT2D eigenvalue weighted by molar-refractivity contribution is -0.202. The highest BCUT2D eigenvalue weighted by molar-refractivity contribution is 7.85. The lowest BCUT2D eigenvalue weighted by Crippen LogP contribution is -2.68. The first-order chi connectivity index (χ1) is 16.5. The Bertz CT molecular complexity index is 1150. The third-order valence-corrected chi connectivity index (χ3v) is 9.97. The number of carbonyl (C=O) groups is 3. The highest BCUT2D eigenvalue weighted by atomic mass is 32.2. The molecule has 4 aliphatic carbocycles. The number of esters is 1. The number of halogens is 2. The molecule has 11 heteroatoms. The largest absolute Gasteiger partial charge is 0.458 e. The molecule has 8 nitrogen and oxygen atoms in total. The second-order valence-electron chi connectivity index (χ2n) is 11.3. The molecule has 3 fully saturated rings. The summed E-state index contributed by atoms with van der Waals surface area (Å²) in [6.07, 6.45) is 0.127. The van der Waals surface area contributed by atoms with E-state index in [1.54, 1.807) is 6.92 Å². The van der Waals surface area contributed by atoms with Gasteiger partial charge in [0.25, 0.3) is 10.1 Å². The van der Waals surface area contributed by atoms with Gasteiger partial charge in [0.05, 0.1) is 18.3 Å². The van der Waals surface area contributed by atoms with Gasteiger partial charge < -0.3 is 9.84 Å². The number of carbonyl (C=O) groups excluding carboxylic acids is 3. The SMILES string of the molecule is C[C@@H]1CC2C3C[C@H](F)C4=CC(=O)C=C[C@]4(C)[C@@]3(F)[C@@H](O)C[C@]2(C)[C@H]1C(=O)COC(=O)CCS(=O)(=O)O. The number of fused-ring (bicyclic) bond motifs is 5. The Morgan fingerprint density at radius 2 is 1.89 bits per heavy atom. The number of hydrogen-bond acceptors (Lipinski definition) is 7. The zero-order valence-electron chi connectivity index (χ0n) is 20.4. The molecule has 2 N–H and O–H groups in total. The van der Waals surface area contributed by atoms with Crippen LogP contribution in [0, 0.1) is 34.5 Å². The van der Waals surface area contributed by atoms with Gasteiger partial charge in [0.1, 0.15) is 12.8 Å². The molecule has 200 valence electrons. The predicted molar refractivity (Wildman–Crippen MR) is 124 cm³/mol. The molecule has 36 heavy (non-hydrogen) atoms. The van der Waals surface area contributed by atoms with Crippen LogP contribution in [0.2, 0.25) is 0 Å². The maximum Gasteiger partial charge on any atom is 0.307 e. The highest BCUT2D eigenvalue weighted by Crippen LogP contribution is 2.70. The van der Waals surface area contributed by atoms with Crippen LogP contribution in [0.15, 0.2) is 23.8 Å². The topological polar surface area (TPSA) is 135 Å². The molecule has 0 aromatic heterocycles. The van der Waals surface area contributed by atoms with Crippen molar-refractivity contribution in [3.63, 3.8) is 0 Å². The van der Waals surface area contributed by atoms with Crippen LogP contribution >= 0.6 is 0 Å². The summed E-state index contributed by atoms with van der Waals surface area (Å²) in [5.74, 6) is -4.94. The van der Waals surface area contributed by atoms with Crippen molar-refractivity contribution in [2.24, 2.45) is 34.5 Å². The van der Waals surface area contributed by atoms with Crippen molar-refractivity contribution in [1.82, 2.24) is 0 Å². The number of aliphatic hydroxyl groups is 1. The average Bonchev–Trinajstić information content (AvgIpc) is 3.03. The smallest absolute Gasteiger partial charge is 0.307 e. The van der Waals surface area contributed by atoms with Crippen molar-refractivity contribution in [3.8, 4) is 0 Å². The van der Waals surface area contributed by atoms with Crippen LogP contribution in [0.4, 0.5) is 8.78 Å². The quantitative estimate of drug-likeness (QED) is 0.395. The molecule has 0 heterocycles. The highest BCUT2D eigenvalue weighted by Gasteiger charge is 2.73. The molecule has 0 bridgehead atoms. The lowest BCUT2D eigenvalue weighted by atomic mass is 9.45. The summed E-state index contributed by atoms with van der Waals surface area (Å²) < 4.78 is 67.9. The van der Waals surface area contributed by atoms with E-state index < -0.39 is 93.0 Å². The normalized spacial score (nSPS) is 43.8. The Balaban J connectivity index is 1.59. The van der Waals surface area contributed by atoms with E-state index in [9.17, 15) is 27.9 Å². The fourth-order valence-electron chi connectivity index (χ4n) is 7.78. The minimum atomic E-state index is -4.36. The summed E-state index contributed by atoms with van der Waals surface area (Å²) in [5.41, 5.74) is -4.59. The average molecular weight is 531 g/mol. The summed E-state index contributed by atoms with van der Waals surface area (Å²) in [6, 6.07) is 0. The van der Waals surface area contributed by atoms with Gasteiger partial charge in [-0.3, -0.25) is 18.9 Å². The second kappa shape index (κ2) is 8.80. The molecule has 0 saturated heterocycles. The molecule has 0 amide bonds. The summed E-state index contributed by atoms with van der Waals surface area (Å²) in [6.45, 7) is 4.50. The number of aliphatic hydroxyl groups excluding tert-OH is 1. The van der Waals surface area contributed by atoms with Crippen LogP contribution in [-0.2, 0) is 29.2 Å². The summed E-state index contributed by atoms with van der Waals surface area (Å²) in [4.78, 5) is 37.0. The standard InChI is InChI=1S/C25H32F2O8S/c1-13-8-15-16-10-18(26)17-9-14(28)4-6-24(17,3)25(16,27)20(30)11-23(15,2)22(13)19(29)12-35-21(31)5-7-36(32,33)34/h4,6,9,13,15-16,18,20,22,30H,5,7-8,10-12H2,1-3H3,(H,32,33,34)/t13-,15?,16?,18+,20+,22-,23+,24+,25+/m1/s1. The molecule has 0 aromatic carbocycles. The Hall–Kier alpha value is -1.98. The number of rotatable bonds is 6. The van der Waals surface area contributed by atoms with Crippen molar-refractivity contribution in [1.29, 1.82) is 0 Å². The van der Waals surface area contributed by atoms with Crippen molar-refractivity contribution in [3.05, 3.63) is 23.8 Å². The minimum Gasteiger partial charge on any atom is -0.458 e. The summed E-state index contributed by atoms with van der Waals surface area (Å²) in [5, 5.41) is 11.3. The first-order valence-corrected chi connectivity index (χ1v) is 13.8. The lowest BCUT2D eigenvalue weighted by Gasteiger charge is -2.62. The molecule has 3 saturated carbocycles. The fourth-order valence-corrected chi connectivity index (χ4v) is 8.21. The van der Waals surface area contributed by atoms with E-state index in [1.807, 2.05) is 6.92 Å². The van der Waals surface area contributed by atoms with Gasteiger partial charge in [-0.25, -0.2) is 8.78 Å². The van der Waals surface area contributed by atoms with Crippen LogP contribution < -0.4 is 0 Å². The number of ether oxygens (including phenoxy) is 1. The monoisotopic (exact) mass is 530 g/mol. The molecule has 9 atom stereocenters. The summed E-state index contributed by atoms with van der Waals surface area (Å²) >= 11 is 0. The Labute approximate surface area is 208 Å². The molecule has 0 aromatic rings. The van der Waals surface area contributed by atoms with E-state index in [0.29, 0.717) is 6.42 Å². The number of hydrogen-bond donors (Lipinski definition) is 2. The molecular weight excluding hydrogens is 498 g/mol. The van der Waals surface area contributed by atoms with Crippen LogP contribution in [0.5, 0.6) is 0 Å².